The molecule has 0 unspecified atom stereocenters. The number of aryl methyl sites for hydroxylation is 1. The second kappa shape index (κ2) is 9.94. The van der Waals surface area contributed by atoms with E-state index in [1.807, 2.05) is 0 Å². The number of hydrogen-bond donors (Lipinski definition) is 2. The average Bonchev–Trinajstić information content (AvgIpc) is 2.77. The van der Waals surface area contributed by atoms with Crippen LogP contribution in [0.25, 0.3) is 0 Å². The first-order chi connectivity index (χ1) is 16.0. The molecule has 1 heterocycles. The first-order valence-electron chi connectivity index (χ1n) is 10.4. The normalized spacial score (nSPS) is 14.0. The second-order valence-corrected chi connectivity index (χ2v) is 7.84. The highest BCUT2D eigenvalue weighted by atomic mass is 19.4. The van der Waals surface area contributed by atoms with Crippen LogP contribution in [-0.4, -0.2) is 59.6 Å². The van der Waals surface area contributed by atoms with E-state index < -0.39 is 47.4 Å². The molecule has 1 saturated heterocycles. The molecular weight excluding hydrogens is 453 g/mol. The fourth-order valence-electron chi connectivity index (χ4n) is 3.72. The quantitative estimate of drug-likeness (QED) is 0.646. The van der Waals surface area contributed by atoms with Crippen molar-refractivity contribution >= 4 is 29.3 Å². The van der Waals surface area contributed by atoms with Crippen LogP contribution < -0.4 is 11.1 Å². The first kappa shape index (κ1) is 24.7. The number of amides is 4. The van der Waals surface area contributed by atoms with E-state index in [2.05, 4.69) is 5.32 Å². The fraction of sp³-hybridized carbons (Fsp3) is 0.304. The minimum Gasteiger partial charge on any atom is -0.366 e. The largest absolute Gasteiger partial charge is 0.417 e. The van der Waals surface area contributed by atoms with Crippen LogP contribution in [0.1, 0.15) is 38.3 Å². The summed E-state index contributed by atoms with van der Waals surface area (Å²) in [5, 5.41) is 2.58. The Kier molecular flexibility index (Phi) is 7.23. The van der Waals surface area contributed by atoms with Crippen molar-refractivity contribution in [2.75, 3.05) is 31.5 Å². The lowest BCUT2D eigenvalue weighted by Crippen LogP contribution is -2.51. The summed E-state index contributed by atoms with van der Waals surface area (Å²) in [5.41, 5.74) is 5.10. The van der Waals surface area contributed by atoms with E-state index in [1.165, 1.54) is 34.1 Å². The van der Waals surface area contributed by atoms with E-state index in [0.29, 0.717) is 16.8 Å². The minimum absolute atomic E-state index is 0.0478. The molecule has 0 radical (unpaired) electrons. The van der Waals surface area contributed by atoms with Gasteiger partial charge in [0.1, 0.15) is 6.42 Å². The molecular formula is C23H23F3N4O4. The van der Waals surface area contributed by atoms with Crippen LogP contribution in [0.3, 0.4) is 0 Å². The van der Waals surface area contributed by atoms with E-state index in [4.69, 9.17) is 5.73 Å². The standard InChI is InChI=1S/C23H23F3N4O4/c1-14-12-15(6-7-16(14)21(27)33)28-19(31)13-20(32)29-8-10-30(11-9-29)22(34)17-4-2-3-5-18(17)23(24,25)26/h2-7,12H,8-11,13H2,1H3,(H2,27,33)(H,28,31). The Labute approximate surface area is 193 Å². The number of anilines is 1. The van der Waals surface area contributed by atoms with Crippen LogP contribution in [0.2, 0.25) is 0 Å². The maximum Gasteiger partial charge on any atom is 0.417 e. The number of halogens is 3. The summed E-state index contributed by atoms with van der Waals surface area (Å²) in [6.07, 6.45) is -5.10. The van der Waals surface area contributed by atoms with Gasteiger partial charge in [-0.3, -0.25) is 19.2 Å². The molecule has 0 aliphatic carbocycles. The summed E-state index contributed by atoms with van der Waals surface area (Å²) >= 11 is 0. The summed E-state index contributed by atoms with van der Waals surface area (Å²) < 4.78 is 39.6. The van der Waals surface area contributed by atoms with E-state index >= 15 is 0 Å². The van der Waals surface area contributed by atoms with Gasteiger partial charge in [-0.25, -0.2) is 0 Å². The Morgan fingerprint density at radius 3 is 2.15 bits per heavy atom. The zero-order valence-electron chi connectivity index (χ0n) is 18.3. The van der Waals surface area contributed by atoms with Gasteiger partial charge in [-0.2, -0.15) is 13.2 Å². The molecule has 0 aromatic heterocycles. The smallest absolute Gasteiger partial charge is 0.366 e. The fourth-order valence-corrected chi connectivity index (χ4v) is 3.72. The van der Waals surface area contributed by atoms with Crippen molar-refractivity contribution in [3.8, 4) is 0 Å². The highest BCUT2D eigenvalue weighted by Crippen LogP contribution is 2.32. The lowest BCUT2D eigenvalue weighted by Gasteiger charge is -2.35. The molecule has 2 aromatic rings. The third-order valence-corrected chi connectivity index (χ3v) is 5.47. The molecule has 0 atom stereocenters. The SMILES string of the molecule is Cc1cc(NC(=O)CC(=O)N2CCN(C(=O)c3ccccc3C(F)(F)F)CC2)ccc1C(N)=O. The molecule has 2 aromatic carbocycles. The molecule has 11 heteroatoms. The second-order valence-electron chi connectivity index (χ2n) is 7.84. The number of nitrogens with zero attached hydrogens (tertiary/aromatic N) is 2. The number of nitrogens with one attached hydrogen (secondary N) is 1. The van der Waals surface area contributed by atoms with Gasteiger partial charge in [0, 0.05) is 37.4 Å². The van der Waals surface area contributed by atoms with E-state index in [0.717, 1.165) is 12.1 Å². The van der Waals surface area contributed by atoms with Crippen LogP contribution in [0.5, 0.6) is 0 Å². The Balaban J connectivity index is 1.55. The number of primary amides is 1. The number of hydrogen-bond acceptors (Lipinski definition) is 4. The lowest BCUT2D eigenvalue weighted by molar-refractivity contribution is -0.138. The number of rotatable bonds is 5. The van der Waals surface area contributed by atoms with Gasteiger partial charge in [-0.05, 0) is 42.8 Å². The summed E-state index contributed by atoms with van der Waals surface area (Å²) in [7, 11) is 0. The van der Waals surface area contributed by atoms with Crippen LogP contribution in [-0.2, 0) is 15.8 Å². The number of carbonyl (C=O) groups excluding carboxylic acids is 4. The molecule has 3 rings (SSSR count). The van der Waals surface area contributed by atoms with Gasteiger partial charge in [-0.15, -0.1) is 0 Å². The Morgan fingerprint density at radius 1 is 0.941 bits per heavy atom. The van der Waals surface area contributed by atoms with Gasteiger partial charge < -0.3 is 20.9 Å². The molecule has 1 fully saturated rings. The highest BCUT2D eigenvalue weighted by Gasteiger charge is 2.36. The molecule has 180 valence electrons. The van der Waals surface area contributed by atoms with Crippen molar-refractivity contribution in [2.24, 2.45) is 5.73 Å². The van der Waals surface area contributed by atoms with E-state index in [9.17, 15) is 32.3 Å². The predicted molar refractivity (Wildman–Crippen MR) is 117 cm³/mol. The van der Waals surface area contributed by atoms with Crippen molar-refractivity contribution in [3.05, 3.63) is 64.7 Å². The zero-order valence-corrected chi connectivity index (χ0v) is 18.3. The van der Waals surface area contributed by atoms with Crippen molar-refractivity contribution in [1.82, 2.24) is 9.80 Å². The number of nitrogens with two attached hydrogens (primary N) is 1. The highest BCUT2D eigenvalue weighted by molar-refractivity contribution is 6.04. The van der Waals surface area contributed by atoms with Crippen LogP contribution in [0, 0.1) is 6.92 Å². The van der Waals surface area contributed by atoms with Crippen molar-refractivity contribution in [2.45, 2.75) is 19.5 Å². The molecule has 0 bridgehead atoms. The summed E-state index contributed by atoms with van der Waals surface area (Å²) in [6.45, 7) is 1.95. The minimum atomic E-state index is -4.66. The summed E-state index contributed by atoms with van der Waals surface area (Å²) in [5.74, 6) is -2.38. The van der Waals surface area contributed by atoms with Gasteiger partial charge in [0.25, 0.3) is 5.91 Å². The van der Waals surface area contributed by atoms with Gasteiger partial charge in [0.15, 0.2) is 0 Å². The molecule has 0 spiro atoms. The molecule has 0 saturated carbocycles. The molecule has 1 aliphatic heterocycles. The number of carbonyl (C=O) groups is 4. The lowest BCUT2D eigenvalue weighted by atomic mass is 10.1. The van der Waals surface area contributed by atoms with E-state index in [1.54, 1.807) is 13.0 Å². The monoisotopic (exact) mass is 476 g/mol. The molecule has 34 heavy (non-hydrogen) atoms. The maximum absolute atomic E-state index is 13.2. The Hall–Kier alpha value is -3.89. The van der Waals surface area contributed by atoms with Gasteiger partial charge in [-0.1, -0.05) is 12.1 Å². The molecule has 3 N–H and O–H groups in total. The van der Waals surface area contributed by atoms with Crippen molar-refractivity contribution in [3.63, 3.8) is 0 Å². The molecule has 4 amide bonds. The molecule has 1 aliphatic rings. The summed E-state index contributed by atoms with van der Waals surface area (Å²) in [6, 6.07) is 9.10. The van der Waals surface area contributed by atoms with Crippen LogP contribution in [0.4, 0.5) is 18.9 Å². The first-order valence-corrected chi connectivity index (χ1v) is 10.4. The predicted octanol–water partition coefficient (Wildman–Crippen LogP) is 2.43. The number of piperazine rings is 1. The van der Waals surface area contributed by atoms with Gasteiger partial charge in [0.05, 0.1) is 11.1 Å². The van der Waals surface area contributed by atoms with Gasteiger partial charge in [0.2, 0.25) is 17.7 Å². The van der Waals surface area contributed by atoms with Crippen molar-refractivity contribution < 1.29 is 32.3 Å². The number of benzene rings is 2. The van der Waals surface area contributed by atoms with Gasteiger partial charge >= 0.3 is 6.18 Å². The Bertz CT molecular complexity index is 1130. The zero-order chi connectivity index (χ0) is 25.0. The topological polar surface area (TPSA) is 113 Å². The third-order valence-electron chi connectivity index (χ3n) is 5.47. The molecule has 8 nitrogen and oxygen atoms in total. The Morgan fingerprint density at radius 2 is 1.56 bits per heavy atom. The van der Waals surface area contributed by atoms with E-state index in [-0.39, 0.29) is 26.2 Å². The van der Waals surface area contributed by atoms with Crippen LogP contribution >= 0.6 is 0 Å². The average molecular weight is 476 g/mol. The summed E-state index contributed by atoms with van der Waals surface area (Å²) in [4.78, 5) is 51.3. The van der Waals surface area contributed by atoms with Crippen molar-refractivity contribution in [1.29, 1.82) is 0 Å². The van der Waals surface area contributed by atoms with Crippen LogP contribution in [0.15, 0.2) is 42.5 Å². The third kappa shape index (κ3) is 5.72. The number of alkyl halides is 3. The maximum atomic E-state index is 13.2.